The smallest absolute Gasteiger partial charge is 0.415 e. The second-order valence-electron chi connectivity index (χ2n) is 18.4. The molecule has 2 fully saturated rings. The molecule has 17 heteroatoms. The van der Waals surface area contributed by atoms with Gasteiger partial charge in [-0.15, -0.1) is 12.4 Å². The number of benzene rings is 3. The van der Waals surface area contributed by atoms with Crippen LogP contribution in [0.3, 0.4) is 0 Å². The van der Waals surface area contributed by atoms with E-state index in [0.29, 0.717) is 63.3 Å². The summed E-state index contributed by atoms with van der Waals surface area (Å²) in [5.74, 6) is 0.105. The van der Waals surface area contributed by atoms with Crippen LogP contribution < -0.4 is 26.0 Å². The molecule has 0 saturated carbocycles. The molecule has 2 aliphatic rings. The number of hydrogen-bond donors (Lipinski definition) is 1. The Morgan fingerprint density at radius 2 is 1.11 bits per heavy atom. The molecule has 2 amide bonds. The summed E-state index contributed by atoms with van der Waals surface area (Å²) in [5.41, 5.74) is 2.60. The van der Waals surface area contributed by atoms with E-state index in [-0.39, 0.29) is 61.1 Å². The van der Waals surface area contributed by atoms with Gasteiger partial charge in [0, 0.05) is 93.7 Å². The predicted octanol–water partition coefficient (Wildman–Crippen LogP) is 9.89. The Bertz CT molecular complexity index is 2660. The molecular formula is C55H71ClN4O12. The number of rotatable bonds is 20. The maximum Gasteiger partial charge on any atom is 0.415 e. The van der Waals surface area contributed by atoms with Crippen LogP contribution in [0.5, 0.6) is 11.5 Å². The number of halogens is 1. The van der Waals surface area contributed by atoms with Crippen LogP contribution in [0.15, 0.2) is 97.3 Å². The second kappa shape index (κ2) is 29.3. The number of nitrogens with one attached hydrogen (secondary N) is 1. The molecule has 2 aromatic heterocycles. The number of carbonyl (C=O) groups excluding carboxylic acids is 4. The average molecular weight is 1020 g/mol. The lowest BCUT2D eigenvalue weighted by Crippen LogP contribution is -2.57. The van der Waals surface area contributed by atoms with Crippen LogP contribution in [0.2, 0.25) is 0 Å². The number of esters is 2. The fourth-order valence-electron chi connectivity index (χ4n) is 8.76. The summed E-state index contributed by atoms with van der Waals surface area (Å²) in [5, 5.41) is 4.78. The number of nitrogens with zero attached hydrogens (tertiary/aromatic N) is 3. The van der Waals surface area contributed by atoms with Gasteiger partial charge in [0.2, 0.25) is 0 Å². The lowest BCUT2D eigenvalue weighted by atomic mass is 10.1. The Hall–Kier alpha value is -6.23. The summed E-state index contributed by atoms with van der Waals surface area (Å²) < 4.78 is 32.8. The average Bonchev–Trinajstić information content (AvgIpc) is 3.35. The number of aryl methyl sites for hydroxylation is 2. The zero-order valence-corrected chi connectivity index (χ0v) is 43.0. The third-order valence-electron chi connectivity index (χ3n) is 12.7. The van der Waals surface area contributed by atoms with E-state index in [9.17, 15) is 28.8 Å². The van der Waals surface area contributed by atoms with E-state index >= 15 is 0 Å². The predicted molar refractivity (Wildman–Crippen MR) is 278 cm³/mol. The van der Waals surface area contributed by atoms with Gasteiger partial charge >= 0.3 is 35.4 Å². The first-order valence-electron chi connectivity index (χ1n) is 25.2. The fraction of sp³-hybridized carbons (Fsp3) is 0.491. The van der Waals surface area contributed by atoms with Crippen molar-refractivity contribution in [2.45, 2.75) is 123 Å². The number of amides is 2. The molecule has 16 nitrogen and oxygen atoms in total. The van der Waals surface area contributed by atoms with E-state index in [1.54, 1.807) is 40.1 Å². The summed E-state index contributed by atoms with van der Waals surface area (Å²) in [6.45, 7) is 12.2. The van der Waals surface area contributed by atoms with Gasteiger partial charge < -0.3 is 33.1 Å². The van der Waals surface area contributed by atoms with Crippen LogP contribution in [0.1, 0.15) is 108 Å². The van der Waals surface area contributed by atoms with Crippen LogP contribution >= 0.6 is 12.4 Å². The second-order valence-corrected chi connectivity index (χ2v) is 18.4. The number of fused-ring (bicyclic) bond motifs is 2. The Morgan fingerprint density at radius 1 is 0.611 bits per heavy atom. The van der Waals surface area contributed by atoms with E-state index in [0.717, 1.165) is 73.4 Å². The van der Waals surface area contributed by atoms with Crippen molar-refractivity contribution in [3.8, 4) is 11.5 Å². The molecule has 390 valence electrons. The Balaban J connectivity index is 0.000000269. The van der Waals surface area contributed by atoms with Crippen molar-refractivity contribution in [3.05, 3.63) is 116 Å². The molecular weight excluding hydrogens is 944 g/mol. The lowest BCUT2D eigenvalue weighted by molar-refractivity contribution is -0.146. The summed E-state index contributed by atoms with van der Waals surface area (Å²) in [6.07, 6.45) is 10.3. The lowest BCUT2D eigenvalue weighted by Gasteiger charge is -2.40. The van der Waals surface area contributed by atoms with E-state index < -0.39 is 23.4 Å². The van der Waals surface area contributed by atoms with E-state index in [4.69, 9.17) is 27.8 Å². The maximum atomic E-state index is 13.3. The van der Waals surface area contributed by atoms with Gasteiger partial charge in [-0.3, -0.25) is 24.3 Å². The number of hydrogen-bond acceptors (Lipinski definition) is 14. The van der Waals surface area contributed by atoms with Crippen molar-refractivity contribution in [3.63, 3.8) is 0 Å². The molecule has 4 heterocycles. The molecule has 0 radical (unpaired) electrons. The maximum absolute atomic E-state index is 13.3. The molecule has 2 atom stereocenters. The highest BCUT2D eigenvalue weighted by Gasteiger charge is 2.33. The van der Waals surface area contributed by atoms with Gasteiger partial charge in [-0.05, 0) is 67.6 Å². The van der Waals surface area contributed by atoms with Crippen molar-refractivity contribution in [1.82, 2.24) is 20.0 Å². The van der Waals surface area contributed by atoms with Crippen LogP contribution in [-0.4, -0.2) is 103 Å². The minimum Gasteiger partial charge on any atom is -0.463 e. The van der Waals surface area contributed by atoms with Crippen molar-refractivity contribution < 1.29 is 47.0 Å². The number of piperazine rings is 2. The van der Waals surface area contributed by atoms with Crippen molar-refractivity contribution in [1.29, 1.82) is 0 Å². The number of unbranched alkanes of at least 4 members (excludes halogenated alkanes) is 8. The minimum atomic E-state index is -0.526. The monoisotopic (exact) mass is 1010 g/mol. The molecule has 2 unspecified atom stereocenters. The van der Waals surface area contributed by atoms with Gasteiger partial charge in [0.25, 0.3) is 0 Å². The highest BCUT2D eigenvalue weighted by atomic mass is 35.5. The summed E-state index contributed by atoms with van der Waals surface area (Å²) >= 11 is 0. The van der Waals surface area contributed by atoms with Crippen molar-refractivity contribution >= 4 is 58.5 Å². The summed E-state index contributed by atoms with van der Waals surface area (Å²) in [4.78, 5) is 79.5. The Labute approximate surface area is 427 Å². The molecule has 1 N–H and O–H groups in total. The molecule has 5 aromatic rings. The zero-order chi connectivity index (χ0) is 50.5. The molecule has 0 aliphatic carbocycles. The number of ether oxygens (including phenoxy) is 4. The van der Waals surface area contributed by atoms with E-state index in [1.807, 2.05) is 32.0 Å². The zero-order valence-electron chi connectivity index (χ0n) is 42.2. The van der Waals surface area contributed by atoms with Crippen LogP contribution in [0.25, 0.3) is 21.9 Å². The molecule has 0 spiro atoms. The third kappa shape index (κ3) is 17.5. The summed E-state index contributed by atoms with van der Waals surface area (Å²) in [6, 6.07) is 22.3. The minimum absolute atomic E-state index is 0. The van der Waals surface area contributed by atoms with Crippen LogP contribution in [-0.2, 0) is 25.6 Å². The van der Waals surface area contributed by atoms with E-state index in [1.165, 1.54) is 43.0 Å². The topological polar surface area (TPSA) is 187 Å². The van der Waals surface area contributed by atoms with Gasteiger partial charge in [-0.1, -0.05) is 95.5 Å². The molecule has 2 aliphatic heterocycles. The standard InChI is InChI=1S/C31H38N2O6.C24H32N2O6.ClH/c1-3-4-5-6-10-13-29(34)37-22-25-21-32(20-24-11-8-7-9-12-24)16-17-33(25)31(36)38-26-14-15-27-23(2)18-30(35)39-28(27)19-26;1-3-4-5-6-7-8-22(27)30-16-18-15-25-11-12-26(18)24(29)31-19-9-10-20-17(2)13-23(28)32-21(20)14-19;/h7-9,11-12,14-15,18-19,25H,3-6,10,13,16-17,20-22H2,1-2H3;9-10,13-14,18,25H,3-8,11-12,15-16H2,1-2H3;1H. The largest absolute Gasteiger partial charge is 0.463 e. The first-order valence-corrected chi connectivity index (χ1v) is 25.2. The van der Waals surface area contributed by atoms with E-state index in [2.05, 4.69) is 36.2 Å². The van der Waals surface area contributed by atoms with Crippen LogP contribution in [0.4, 0.5) is 9.59 Å². The van der Waals surface area contributed by atoms with Gasteiger partial charge in [-0.2, -0.15) is 0 Å². The van der Waals surface area contributed by atoms with Crippen LogP contribution in [0, 0.1) is 13.8 Å². The highest BCUT2D eigenvalue weighted by Crippen LogP contribution is 2.26. The molecule has 7 rings (SSSR count). The molecule has 2 saturated heterocycles. The SMILES string of the molecule is CCCCCCCC(=O)OCC1CN(Cc2ccccc2)CCN1C(=O)Oc1ccc2c(C)cc(=O)oc2c1.CCCCCCCC(=O)OCC1CNCCN1C(=O)Oc1ccc2c(C)cc(=O)oc2c1.Cl. The van der Waals surface area contributed by atoms with Crippen molar-refractivity contribution in [2.75, 3.05) is 52.5 Å². The first-order chi connectivity index (χ1) is 34.4. The first kappa shape index (κ1) is 56.7. The third-order valence-corrected chi connectivity index (χ3v) is 12.7. The molecule has 3 aromatic carbocycles. The highest BCUT2D eigenvalue weighted by molar-refractivity contribution is 5.85. The summed E-state index contributed by atoms with van der Waals surface area (Å²) in [7, 11) is 0. The quantitative estimate of drug-likeness (QED) is 0.0441. The fourth-order valence-corrected chi connectivity index (χ4v) is 8.76. The van der Waals surface area contributed by atoms with Gasteiger partial charge in [0.1, 0.15) is 35.9 Å². The molecule has 0 bridgehead atoms. The van der Waals surface area contributed by atoms with Gasteiger partial charge in [-0.25, -0.2) is 19.2 Å². The Kier molecular flexibility index (Phi) is 23.1. The van der Waals surface area contributed by atoms with Gasteiger partial charge in [0.05, 0.1) is 12.1 Å². The van der Waals surface area contributed by atoms with Crippen molar-refractivity contribution in [2.24, 2.45) is 0 Å². The number of carbonyl (C=O) groups is 4. The normalized spacial score (nSPS) is 15.8. The van der Waals surface area contributed by atoms with Gasteiger partial charge in [0.15, 0.2) is 0 Å². The Morgan fingerprint density at radius 3 is 1.64 bits per heavy atom. The molecule has 72 heavy (non-hydrogen) atoms.